The van der Waals surface area contributed by atoms with Crippen LogP contribution in [0.4, 0.5) is 11.6 Å². The van der Waals surface area contributed by atoms with Crippen LogP contribution >= 0.6 is 0 Å². The van der Waals surface area contributed by atoms with Crippen molar-refractivity contribution in [2.24, 2.45) is 0 Å². The Bertz CT molecular complexity index is 705. The van der Waals surface area contributed by atoms with Crippen molar-refractivity contribution in [2.75, 3.05) is 50.4 Å². The minimum Gasteiger partial charge on any atom is -0.383 e. The normalized spacial score (nSPS) is 14.4. The molecule has 1 aromatic rings. The van der Waals surface area contributed by atoms with Crippen molar-refractivity contribution in [1.82, 2.24) is 9.88 Å². The zero-order chi connectivity index (χ0) is 17.4. The van der Waals surface area contributed by atoms with Crippen molar-refractivity contribution in [1.29, 1.82) is 15.8 Å². The molecule has 124 valence electrons. The van der Waals surface area contributed by atoms with Gasteiger partial charge in [0.15, 0.2) is 0 Å². The highest BCUT2D eigenvalue weighted by Crippen LogP contribution is 2.25. The maximum Gasteiger partial charge on any atom is 0.146 e. The maximum absolute atomic E-state index is 9.39. The van der Waals surface area contributed by atoms with Crippen molar-refractivity contribution in [2.45, 2.75) is 12.8 Å². The first-order valence-corrected chi connectivity index (χ1v) is 7.74. The van der Waals surface area contributed by atoms with Gasteiger partial charge in [-0.15, -0.1) is 0 Å². The fourth-order valence-corrected chi connectivity index (χ4v) is 2.62. The van der Waals surface area contributed by atoms with Gasteiger partial charge in [0, 0.05) is 25.2 Å². The van der Waals surface area contributed by atoms with Crippen molar-refractivity contribution in [3.8, 4) is 18.2 Å². The van der Waals surface area contributed by atoms with Crippen molar-refractivity contribution in [3.05, 3.63) is 16.7 Å². The third kappa shape index (κ3) is 4.11. The van der Waals surface area contributed by atoms with Gasteiger partial charge in [-0.3, -0.25) is 4.90 Å². The molecule has 3 N–H and O–H groups in total. The van der Waals surface area contributed by atoms with E-state index in [2.05, 4.69) is 15.2 Å². The molecule has 0 aromatic carbocycles. The smallest absolute Gasteiger partial charge is 0.146 e. The summed E-state index contributed by atoms with van der Waals surface area (Å²) in [5.74, 6) is 0.374. The zero-order valence-electron chi connectivity index (χ0n) is 13.4. The Morgan fingerprint density at radius 2 is 1.88 bits per heavy atom. The monoisotopic (exact) mass is 325 g/mol. The molecule has 1 aliphatic rings. The van der Waals surface area contributed by atoms with Gasteiger partial charge in [-0.2, -0.15) is 15.8 Å². The first kappa shape index (κ1) is 17.5. The number of nitrogens with one attached hydrogen (secondary N) is 1. The van der Waals surface area contributed by atoms with Crippen molar-refractivity contribution >= 4 is 11.6 Å². The van der Waals surface area contributed by atoms with Gasteiger partial charge in [-0.1, -0.05) is 0 Å². The Labute approximate surface area is 141 Å². The SMILES string of the molecule is N#CCc1c(C#N)c(N)nc(NCCCN2CCOCC2)c1C#N. The quantitative estimate of drug-likeness (QED) is 0.726. The van der Waals surface area contributed by atoms with E-state index < -0.39 is 0 Å². The lowest BCUT2D eigenvalue weighted by molar-refractivity contribution is 0.0378. The van der Waals surface area contributed by atoms with E-state index in [1.807, 2.05) is 18.2 Å². The van der Waals surface area contributed by atoms with E-state index in [1.165, 1.54) is 0 Å². The minimum absolute atomic E-state index is 0.0393. The number of ether oxygens (including phenoxy) is 1. The summed E-state index contributed by atoms with van der Waals surface area (Å²) in [5.41, 5.74) is 6.45. The fourth-order valence-electron chi connectivity index (χ4n) is 2.62. The molecule has 2 heterocycles. The van der Waals surface area contributed by atoms with E-state index in [9.17, 15) is 10.5 Å². The Kier molecular flexibility index (Phi) is 6.33. The number of nitrogens with zero attached hydrogens (tertiary/aromatic N) is 5. The molecular formula is C16H19N7O. The molecule has 1 aliphatic heterocycles. The summed E-state index contributed by atoms with van der Waals surface area (Å²) in [4.78, 5) is 6.44. The Hall–Kier alpha value is -2.86. The highest BCUT2D eigenvalue weighted by molar-refractivity contribution is 5.68. The summed E-state index contributed by atoms with van der Waals surface area (Å²) in [5, 5.41) is 30.6. The van der Waals surface area contributed by atoms with Gasteiger partial charge in [0.2, 0.25) is 0 Å². The number of nitrogen functional groups attached to an aromatic ring is 1. The summed E-state index contributed by atoms with van der Waals surface area (Å²) in [6.07, 6.45) is 0.820. The molecule has 2 rings (SSSR count). The second-order valence-electron chi connectivity index (χ2n) is 5.37. The predicted octanol–water partition coefficient (Wildman–Crippen LogP) is 0.607. The molecule has 8 heteroatoms. The zero-order valence-corrected chi connectivity index (χ0v) is 13.4. The van der Waals surface area contributed by atoms with Crippen LogP contribution in [0, 0.1) is 34.0 Å². The molecule has 24 heavy (non-hydrogen) atoms. The molecule has 1 fully saturated rings. The largest absolute Gasteiger partial charge is 0.383 e. The van der Waals surface area contributed by atoms with Gasteiger partial charge in [0.1, 0.15) is 29.3 Å². The van der Waals surface area contributed by atoms with Gasteiger partial charge < -0.3 is 15.8 Å². The van der Waals surface area contributed by atoms with Crippen LogP contribution < -0.4 is 11.1 Å². The van der Waals surface area contributed by atoms with Gasteiger partial charge in [0.05, 0.1) is 31.3 Å². The van der Waals surface area contributed by atoms with E-state index in [4.69, 9.17) is 15.7 Å². The van der Waals surface area contributed by atoms with Crippen LogP contribution in [0.3, 0.4) is 0 Å². The molecule has 0 saturated carbocycles. The van der Waals surface area contributed by atoms with Crippen LogP contribution in [0.25, 0.3) is 0 Å². The lowest BCUT2D eigenvalue weighted by atomic mass is 10.0. The second kappa shape index (κ2) is 8.69. The first-order chi connectivity index (χ1) is 11.7. The summed E-state index contributed by atoms with van der Waals surface area (Å²) >= 11 is 0. The second-order valence-corrected chi connectivity index (χ2v) is 5.37. The molecule has 8 nitrogen and oxygen atoms in total. The maximum atomic E-state index is 9.39. The Morgan fingerprint density at radius 1 is 1.17 bits per heavy atom. The summed E-state index contributed by atoms with van der Waals surface area (Å²) in [6.45, 7) is 4.93. The van der Waals surface area contributed by atoms with Crippen molar-refractivity contribution in [3.63, 3.8) is 0 Å². The van der Waals surface area contributed by atoms with Gasteiger partial charge in [0.25, 0.3) is 0 Å². The molecule has 1 aromatic heterocycles. The lowest BCUT2D eigenvalue weighted by Gasteiger charge is -2.26. The number of anilines is 2. The van der Waals surface area contributed by atoms with Crippen LogP contribution in [-0.2, 0) is 11.2 Å². The van der Waals surface area contributed by atoms with Gasteiger partial charge in [-0.05, 0) is 13.0 Å². The third-order valence-electron chi connectivity index (χ3n) is 3.86. The fraction of sp³-hybridized carbons (Fsp3) is 0.500. The number of aromatic nitrogens is 1. The molecule has 0 unspecified atom stereocenters. The van der Waals surface area contributed by atoms with E-state index in [0.29, 0.717) is 17.9 Å². The Balaban J connectivity index is 2.05. The molecule has 0 spiro atoms. The van der Waals surface area contributed by atoms with Crippen LogP contribution in [-0.4, -0.2) is 49.3 Å². The molecule has 0 aliphatic carbocycles. The third-order valence-corrected chi connectivity index (χ3v) is 3.86. The minimum atomic E-state index is -0.0546. The molecular weight excluding hydrogens is 306 g/mol. The van der Waals surface area contributed by atoms with Gasteiger partial charge >= 0.3 is 0 Å². The summed E-state index contributed by atoms with van der Waals surface area (Å²) in [7, 11) is 0. The predicted molar refractivity (Wildman–Crippen MR) is 87.8 cm³/mol. The molecule has 0 radical (unpaired) electrons. The highest BCUT2D eigenvalue weighted by atomic mass is 16.5. The van der Waals surface area contributed by atoms with E-state index in [-0.39, 0.29) is 23.4 Å². The molecule has 0 amide bonds. The topological polar surface area (TPSA) is 135 Å². The Morgan fingerprint density at radius 3 is 2.50 bits per heavy atom. The number of morpholine rings is 1. The summed E-state index contributed by atoms with van der Waals surface area (Å²) in [6, 6.07) is 5.92. The number of hydrogen-bond donors (Lipinski definition) is 2. The first-order valence-electron chi connectivity index (χ1n) is 7.74. The number of nitrogens with two attached hydrogens (primary N) is 1. The van der Waals surface area contributed by atoms with E-state index in [1.54, 1.807) is 0 Å². The highest BCUT2D eigenvalue weighted by Gasteiger charge is 2.18. The number of nitriles is 3. The lowest BCUT2D eigenvalue weighted by Crippen LogP contribution is -2.37. The van der Waals surface area contributed by atoms with E-state index in [0.717, 1.165) is 39.3 Å². The van der Waals surface area contributed by atoms with Gasteiger partial charge in [-0.25, -0.2) is 4.98 Å². The van der Waals surface area contributed by atoms with Crippen LogP contribution in [0.1, 0.15) is 23.1 Å². The standard InChI is InChI=1S/C16H19N7O/c17-3-2-12-13(10-18)15(20)22-16(14(12)11-19)21-4-1-5-23-6-8-24-9-7-23/h1-2,4-9H2,(H3,20,21,22). The average Bonchev–Trinajstić information content (AvgIpc) is 2.60. The molecule has 1 saturated heterocycles. The van der Waals surface area contributed by atoms with Crippen molar-refractivity contribution < 1.29 is 4.74 Å². The average molecular weight is 325 g/mol. The molecule has 0 bridgehead atoms. The number of pyridine rings is 1. The molecule has 0 atom stereocenters. The van der Waals surface area contributed by atoms with Crippen LogP contribution in [0.15, 0.2) is 0 Å². The van der Waals surface area contributed by atoms with Crippen LogP contribution in [0.2, 0.25) is 0 Å². The number of hydrogen-bond acceptors (Lipinski definition) is 8. The van der Waals surface area contributed by atoms with E-state index >= 15 is 0 Å². The van der Waals surface area contributed by atoms with Crippen LogP contribution in [0.5, 0.6) is 0 Å². The summed E-state index contributed by atoms with van der Waals surface area (Å²) < 4.78 is 5.31. The number of rotatable bonds is 6.